The third-order valence-corrected chi connectivity index (χ3v) is 2.99. The van der Waals surface area contributed by atoms with Crippen molar-refractivity contribution in [1.82, 2.24) is 19.7 Å². The smallest absolute Gasteiger partial charge is 0.260 e. The van der Waals surface area contributed by atoms with Crippen LogP contribution in [-0.4, -0.2) is 19.7 Å². The lowest BCUT2D eigenvalue weighted by atomic mass is 10.1. The molecule has 0 aliphatic rings. The van der Waals surface area contributed by atoms with E-state index in [9.17, 15) is 0 Å². The topological polar surface area (TPSA) is 82.8 Å². The van der Waals surface area contributed by atoms with E-state index in [0.717, 1.165) is 16.8 Å². The molecule has 6 heteroatoms. The fourth-order valence-corrected chi connectivity index (χ4v) is 1.98. The lowest BCUT2D eigenvalue weighted by Crippen LogP contribution is -1.93. The maximum absolute atomic E-state index is 5.97. The molecule has 0 bridgehead atoms. The van der Waals surface area contributed by atoms with Crippen LogP contribution in [0.4, 0.5) is 5.69 Å². The van der Waals surface area contributed by atoms with Crippen LogP contribution in [0.2, 0.25) is 0 Å². The van der Waals surface area contributed by atoms with E-state index in [2.05, 4.69) is 15.1 Å². The zero-order valence-electron chi connectivity index (χ0n) is 10.7. The number of nitrogens with two attached hydrogens (primary N) is 1. The summed E-state index contributed by atoms with van der Waals surface area (Å²) in [4.78, 5) is 8.42. The molecule has 0 amide bonds. The van der Waals surface area contributed by atoms with Gasteiger partial charge in [-0.2, -0.15) is 4.98 Å². The van der Waals surface area contributed by atoms with E-state index in [4.69, 9.17) is 10.3 Å². The van der Waals surface area contributed by atoms with Crippen LogP contribution in [0.15, 0.2) is 35.2 Å². The fourth-order valence-electron chi connectivity index (χ4n) is 1.98. The molecular weight excluding hydrogens is 242 g/mol. The molecule has 0 unspecified atom stereocenters. The number of hydrogen-bond acceptors (Lipinski definition) is 5. The average Bonchev–Trinajstić information content (AvgIpc) is 2.98. The van der Waals surface area contributed by atoms with Gasteiger partial charge in [0, 0.05) is 12.7 Å². The summed E-state index contributed by atoms with van der Waals surface area (Å²) in [6.07, 6.45) is 3.38. The summed E-state index contributed by atoms with van der Waals surface area (Å²) in [6, 6.07) is 5.67. The lowest BCUT2D eigenvalue weighted by molar-refractivity contribution is 0.432. The number of aromatic nitrogens is 4. The molecule has 0 radical (unpaired) electrons. The van der Waals surface area contributed by atoms with Crippen molar-refractivity contribution in [3.8, 4) is 23.0 Å². The maximum Gasteiger partial charge on any atom is 0.260 e. The molecular formula is C13H13N5O. The fraction of sp³-hybridized carbons (Fsp3) is 0.154. The van der Waals surface area contributed by atoms with Crippen molar-refractivity contribution >= 4 is 5.69 Å². The highest BCUT2D eigenvalue weighted by atomic mass is 16.5. The lowest BCUT2D eigenvalue weighted by Gasteiger charge is -2.03. The summed E-state index contributed by atoms with van der Waals surface area (Å²) in [5.74, 6) is 0.921. The van der Waals surface area contributed by atoms with Gasteiger partial charge in [0.05, 0.1) is 18.1 Å². The van der Waals surface area contributed by atoms with Gasteiger partial charge < -0.3 is 14.8 Å². The van der Waals surface area contributed by atoms with Gasteiger partial charge in [0.25, 0.3) is 5.89 Å². The van der Waals surface area contributed by atoms with Gasteiger partial charge in [-0.25, -0.2) is 4.98 Å². The Morgan fingerprint density at radius 2 is 2.16 bits per heavy atom. The van der Waals surface area contributed by atoms with Crippen molar-refractivity contribution < 1.29 is 4.52 Å². The number of benzene rings is 1. The van der Waals surface area contributed by atoms with E-state index in [1.54, 1.807) is 12.5 Å². The molecule has 0 spiro atoms. The minimum Gasteiger partial charge on any atom is -0.398 e. The first-order valence-corrected chi connectivity index (χ1v) is 5.82. The summed E-state index contributed by atoms with van der Waals surface area (Å²) >= 11 is 0. The maximum atomic E-state index is 5.97. The first kappa shape index (κ1) is 11.5. The van der Waals surface area contributed by atoms with E-state index in [-0.39, 0.29) is 0 Å². The summed E-state index contributed by atoms with van der Waals surface area (Å²) < 4.78 is 7.14. The molecule has 0 aliphatic carbocycles. The summed E-state index contributed by atoms with van der Waals surface area (Å²) in [6.45, 7) is 1.96. The Kier molecular flexibility index (Phi) is 2.56. The summed E-state index contributed by atoms with van der Waals surface area (Å²) in [7, 11) is 1.88. The third-order valence-electron chi connectivity index (χ3n) is 2.99. The largest absolute Gasteiger partial charge is 0.398 e. The molecule has 2 N–H and O–H groups in total. The van der Waals surface area contributed by atoms with Crippen molar-refractivity contribution in [1.29, 1.82) is 0 Å². The van der Waals surface area contributed by atoms with Gasteiger partial charge in [-0.1, -0.05) is 17.3 Å². The molecule has 19 heavy (non-hydrogen) atoms. The Morgan fingerprint density at radius 3 is 2.84 bits per heavy atom. The predicted octanol–water partition coefficient (Wildman–Crippen LogP) is 2.03. The normalized spacial score (nSPS) is 10.8. The number of nitrogen functional groups attached to an aromatic ring is 1. The van der Waals surface area contributed by atoms with Crippen LogP contribution < -0.4 is 5.73 Å². The SMILES string of the molecule is Cc1cccc(N)c1-c1nc(-c2cncn2C)no1. The van der Waals surface area contributed by atoms with Crippen molar-refractivity contribution in [2.24, 2.45) is 7.05 Å². The van der Waals surface area contributed by atoms with Gasteiger partial charge in [-0.05, 0) is 18.6 Å². The van der Waals surface area contributed by atoms with Gasteiger partial charge in [-0.15, -0.1) is 0 Å². The van der Waals surface area contributed by atoms with Gasteiger partial charge >= 0.3 is 0 Å². The second-order valence-corrected chi connectivity index (χ2v) is 4.35. The van der Waals surface area contributed by atoms with Crippen LogP contribution in [0.1, 0.15) is 5.56 Å². The summed E-state index contributed by atoms with van der Waals surface area (Å²) in [5, 5.41) is 3.98. The molecule has 2 aromatic heterocycles. The molecule has 0 fully saturated rings. The number of anilines is 1. The zero-order valence-corrected chi connectivity index (χ0v) is 10.7. The van der Waals surface area contributed by atoms with Crippen LogP contribution in [-0.2, 0) is 7.05 Å². The second-order valence-electron chi connectivity index (χ2n) is 4.35. The van der Waals surface area contributed by atoms with Gasteiger partial charge in [0.15, 0.2) is 0 Å². The third kappa shape index (κ3) is 1.87. The average molecular weight is 255 g/mol. The van der Waals surface area contributed by atoms with Crippen LogP contribution in [0.3, 0.4) is 0 Å². The van der Waals surface area contributed by atoms with Crippen molar-refractivity contribution in [2.45, 2.75) is 6.92 Å². The molecule has 96 valence electrons. The second kappa shape index (κ2) is 4.24. The quantitative estimate of drug-likeness (QED) is 0.708. The Bertz CT molecular complexity index is 708. The number of nitrogens with zero attached hydrogens (tertiary/aromatic N) is 4. The molecule has 3 rings (SSSR count). The molecule has 0 saturated carbocycles. The van der Waals surface area contributed by atoms with E-state index in [0.29, 0.717) is 17.4 Å². The predicted molar refractivity (Wildman–Crippen MR) is 71.1 cm³/mol. The highest BCUT2D eigenvalue weighted by Crippen LogP contribution is 2.29. The molecule has 1 aromatic carbocycles. The monoisotopic (exact) mass is 255 g/mol. The standard InChI is InChI=1S/C13H13N5O/c1-8-4-3-5-9(14)11(8)13-16-12(17-19-13)10-6-15-7-18(10)2/h3-7H,14H2,1-2H3. The van der Waals surface area contributed by atoms with Crippen LogP contribution in [0.5, 0.6) is 0 Å². The van der Waals surface area contributed by atoms with E-state index < -0.39 is 0 Å². The first-order chi connectivity index (χ1) is 9.16. The Balaban J connectivity index is 2.10. The van der Waals surface area contributed by atoms with Crippen molar-refractivity contribution in [3.63, 3.8) is 0 Å². The molecule has 0 aliphatic heterocycles. The Labute approximate surface area is 109 Å². The number of rotatable bonds is 2. The highest BCUT2D eigenvalue weighted by molar-refractivity contribution is 5.74. The van der Waals surface area contributed by atoms with Crippen molar-refractivity contribution in [3.05, 3.63) is 36.3 Å². The zero-order chi connectivity index (χ0) is 13.4. The highest BCUT2D eigenvalue weighted by Gasteiger charge is 2.16. The Morgan fingerprint density at radius 1 is 1.32 bits per heavy atom. The summed E-state index contributed by atoms with van der Waals surface area (Å²) in [5.41, 5.74) is 9.17. The van der Waals surface area contributed by atoms with Crippen LogP contribution >= 0.6 is 0 Å². The minimum atomic E-state index is 0.423. The van der Waals surface area contributed by atoms with E-state index in [1.807, 2.05) is 36.7 Å². The number of hydrogen-bond donors (Lipinski definition) is 1. The first-order valence-electron chi connectivity index (χ1n) is 5.82. The molecule has 3 aromatic rings. The number of aryl methyl sites for hydroxylation is 2. The van der Waals surface area contributed by atoms with E-state index in [1.165, 1.54) is 0 Å². The molecule has 6 nitrogen and oxygen atoms in total. The van der Waals surface area contributed by atoms with Gasteiger partial charge in [0.1, 0.15) is 5.69 Å². The van der Waals surface area contributed by atoms with Crippen LogP contribution in [0, 0.1) is 6.92 Å². The van der Waals surface area contributed by atoms with Crippen LogP contribution in [0.25, 0.3) is 23.0 Å². The minimum absolute atomic E-state index is 0.423. The van der Waals surface area contributed by atoms with Crippen molar-refractivity contribution in [2.75, 3.05) is 5.73 Å². The number of imidazole rings is 1. The van der Waals surface area contributed by atoms with Gasteiger partial charge in [0.2, 0.25) is 5.82 Å². The van der Waals surface area contributed by atoms with E-state index >= 15 is 0 Å². The molecule has 2 heterocycles. The molecule has 0 saturated heterocycles. The molecule has 0 atom stereocenters. The Hall–Kier alpha value is -2.63. The van der Waals surface area contributed by atoms with Gasteiger partial charge in [-0.3, -0.25) is 0 Å².